The Bertz CT molecular complexity index is 506. The van der Waals surface area contributed by atoms with Crippen LogP contribution in [0.3, 0.4) is 0 Å². The van der Waals surface area contributed by atoms with Gasteiger partial charge in [-0.3, -0.25) is 14.2 Å². The van der Waals surface area contributed by atoms with E-state index in [0.29, 0.717) is 5.92 Å². The number of amides is 1. The maximum Gasteiger partial charge on any atom is 0.343 e. The minimum absolute atomic E-state index is 0.0180. The molecule has 8 heteroatoms. The van der Waals surface area contributed by atoms with Gasteiger partial charge in [-0.1, -0.05) is 13.8 Å². The van der Waals surface area contributed by atoms with Crippen molar-refractivity contribution in [3.63, 3.8) is 0 Å². The zero-order valence-electron chi connectivity index (χ0n) is 11.6. The molecule has 0 bridgehead atoms. The monoisotopic (exact) mass is 284 g/mol. The van der Waals surface area contributed by atoms with Crippen LogP contribution in [0.5, 0.6) is 0 Å². The highest BCUT2D eigenvalue weighted by atomic mass is 16.4. The average molecular weight is 284 g/mol. The van der Waals surface area contributed by atoms with E-state index in [1.165, 1.54) is 6.33 Å². The number of hydrogen-bond acceptors (Lipinski definition) is 4. The summed E-state index contributed by atoms with van der Waals surface area (Å²) in [5.41, 5.74) is -0.454. The molecule has 0 spiro atoms. The van der Waals surface area contributed by atoms with Gasteiger partial charge in [0.05, 0.1) is 0 Å². The molecule has 3 N–H and O–H groups in total. The number of hydrogen-bond donors (Lipinski definition) is 3. The third-order valence-electron chi connectivity index (χ3n) is 2.79. The second kappa shape index (κ2) is 7.46. The van der Waals surface area contributed by atoms with E-state index >= 15 is 0 Å². The van der Waals surface area contributed by atoms with Crippen LogP contribution >= 0.6 is 0 Å². The Hall–Kier alpha value is -2.12. The van der Waals surface area contributed by atoms with E-state index in [-0.39, 0.29) is 31.3 Å². The molecule has 0 saturated heterocycles. The number of nitrogens with zero attached hydrogens (tertiary/aromatic N) is 2. The van der Waals surface area contributed by atoms with E-state index in [4.69, 9.17) is 5.11 Å². The van der Waals surface area contributed by atoms with Gasteiger partial charge in [-0.05, 0) is 18.3 Å². The molecule has 0 fully saturated rings. The van der Waals surface area contributed by atoms with E-state index in [2.05, 4.69) is 15.5 Å². The molecule has 0 radical (unpaired) electrons. The molecule has 1 atom stereocenters. The summed E-state index contributed by atoms with van der Waals surface area (Å²) in [6, 6.07) is 0. The van der Waals surface area contributed by atoms with E-state index in [9.17, 15) is 14.4 Å². The summed E-state index contributed by atoms with van der Waals surface area (Å²) in [6.45, 7) is 4.16. The van der Waals surface area contributed by atoms with Gasteiger partial charge in [0.15, 0.2) is 0 Å². The van der Waals surface area contributed by atoms with Crippen LogP contribution in [-0.4, -0.2) is 38.3 Å². The number of aromatic nitrogens is 3. The summed E-state index contributed by atoms with van der Waals surface area (Å²) >= 11 is 0. The van der Waals surface area contributed by atoms with E-state index in [1.54, 1.807) is 0 Å². The average Bonchev–Trinajstić information content (AvgIpc) is 2.70. The molecule has 1 rings (SSSR count). The molecule has 112 valence electrons. The zero-order valence-corrected chi connectivity index (χ0v) is 11.6. The Morgan fingerprint density at radius 3 is 2.70 bits per heavy atom. The lowest BCUT2D eigenvalue weighted by Gasteiger charge is -2.17. The standard InChI is InChI=1S/C12H20N4O4/c1-8(2)3-9(4-11(18)19)5-13-10(17)6-16-7-14-15-12(16)20/h7-9H,3-6H2,1-2H3,(H,13,17)(H,15,20)(H,18,19)/t9-/m0/s1. The van der Waals surface area contributed by atoms with Crippen molar-refractivity contribution in [1.29, 1.82) is 0 Å². The maximum atomic E-state index is 11.7. The molecule has 8 nitrogen and oxygen atoms in total. The molecule has 0 aliphatic rings. The summed E-state index contributed by atoms with van der Waals surface area (Å²) < 4.78 is 1.14. The fourth-order valence-electron chi connectivity index (χ4n) is 2.00. The van der Waals surface area contributed by atoms with Gasteiger partial charge in [0.1, 0.15) is 12.9 Å². The van der Waals surface area contributed by atoms with Crippen molar-refractivity contribution < 1.29 is 14.7 Å². The number of carbonyl (C=O) groups excluding carboxylic acids is 1. The minimum atomic E-state index is -0.879. The van der Waals surface area contributed by atoms with Gasteiger partial charge in [0.25, 0.3) is 0 Å². The van der Waals surface area contributed by atoms with Crippen LogP contribution in [-0.2, 0) is 16.1 Å². The van der Waals surface area contributed by atoms with Crippen molar-refractivity contribution in [3.05, 3.63) is 16.8 Å². The van der Waals surface area contributed by atoms with Crippen molar-refractivity contribution in [2.24, 2.45) is 11.8 Å². The van der Waals surface area contributed by atoms with Crippen LogP contribution < -0.4 is 11.0 Å². The highest BCUT2D eigenvalue weighted by Gasteiger charge is 2.16. The predicted molar refractivity (Wildman–Crippen MR) is 71.1 cm³/mol. The lowest BCUT2D eigenvalue weighted by molar-refractivity contribution is -0.138. The summed E-state index contributed by atoms with van der Waals surface area (Å²) in [4.78, 5) is 33.6. The molecule has 20 heavy (non-hydrogen) atoms. The third kappa shape index (κ3) is 5.68. The first-order valence-corrected chi connectivity index (χ1v) is 6.46. The Labute approximate surface area is 116 Å². The largest absolute Gasteiger partial charge is 0.481 e. The van der Waals surface area contributed by atoms with Crippen LogP contribution in [0.2, 0.25) is 0 Å². The number of carboxylic acids is 1. The van der Waals surface area contributed by atoms with Crippen LogP contribution in [0.1, 0.15) is 26.7 Å². The molecular formula is C12H20N4O4. The fourth-order valence-corrected chi connectivity index (χ4v) is 2.00. The molecule has 1 aromatic rings. The van der Waals surface area contributed by atoms with Crippen LogP contribution in [0.25, 0.3) is 0 Å². The molecule has 0 aliphatic heterocycles. The molecule has 0 saturated carbocycles. The van der Waals surface area contributed by atoms with Gasteiger partial charge in [-0.25, -0.2) is 9.89 Å². The number of carboxylic acid groups (broad SMARTS) is 1. The normalized spacial score (nSPS) is 12.3. The quantitative estimate of drug-likeness (QED) is 0.612. The first-order valence-electron chi connectivity index (χ1n) is 6.46. The second-order valence-corrected chi connectivity index (χ2v) is 5.19. The number of rotatable bonds is 8. The SMILES string of the molecule is CC(C)C[C@H](CNC(=O)Cn1cn[nH]c1=O)CC(=O)O. The molecule has 0 aliphatic carbocycles. The van der Waals surface area contributed by atoms with E-state index in [0.717, 1.165) is 11.0 Å². The molecule has 1 aromatic heterocycles. The van der Waals surface area contributed by atoms with Gasteiger partial charge in [-0.2, -0.15) is 5.10 Å². The van der Waals surface area contributed by atoms with E-state index < -0.39 is 11.7 Å². The van der Waals surface area contributed by atoms with E-state index in [1.807, 2.05) is 13.8 Å². The van der Waals surface area contributed by atoms with Gasteiger partial charge in [0, 0.05) is 13.0 Å². The van der Waals surface area contributed by atoms with Crippen molar-refractivity contribution in [3.8, 4) is 0 Å². The highest BCUT2D eigenvalue weighted by Crippen LogP contribution is 2.14. The van der Waals surface area contributed by atoms with Crippen molar-refractivity contribution in [2.45, 2.75) is 33.2 Å². The molecule has 1 heterocycles. The molecule has 0 aromatic carbocycles. The Morgan fingerprint density at radius 2 is 2.20 bits per heavy atom. The number of H-pyrrole nitrogens is 1. The summed E-state index contributed by atoms with van der Waals surface area (Å²) in [6.07, 6.45) is 1.98. The summed E-state index contributed by atoms with van der Waals surface area (Å²) in [5.74, 6) is -0.978. The van der Waals surface area contributed by atoms with Crippen molar-refractivity contribution in [2.75, 3.05) is 6.54 Å². The van der Waals surface area contributed by atoms with Crippen LogP contribution in [0, 0.1) is 11.8 Å². The van der Waals surface area contributed by atoms with Crippen LogP contribution in [0.4, 0.5) is 0 Å². The van der Waals surface area contributed by atoms with Crippen molar-refractivity contribution >= 4 is 11.9 Å². The lowest BCUT2D eigenvalue weighted by atomic mass is 9.94. The number of aliphatic carboxylic acids is 1. The highest BCUT2D eigenvalue weighted by molar-refractivity contribution is 5.75. The second-order valence-electron chi connectivity index (χ2n) is 5.19. The Balaban J connectivity index is 2.45. The Kier molecular flexibility index (Phi) is 5.95. The Morgan fingerprint density at radius 1 is 1.50 bits per heavy atom. The van der Waals surface area contributed by atoms with Crippen LogP contribution in [0.15, 0.2) is 11.1 Å². The fraction of sp³-hybridized carbons (Fsp3) is 0.667. The number of aromatic amines is 1. The molecule has 0 unspecified atom stereocenters. The molecule has 1 amide bonds. The van der Waals surface area contributed by atoms with Gasteiger partial charge < -0.3 is 10.4 Å². The summed E-state index contributed by atoms with van der Waals surface area (Å²) in [7, 11) is 0. The predicted octanol–water partition coefficient (Wildman–Crippen LogP) is -0.175. The minimum Gasteiger partial charge on any atom is -0.481 e. The first-order chi connectivity index (χ1) is 9.38. The van der Waals surface area contributed by atoms with Gasteiger partial charge in [-0.15, -0.1) is 0 Å². The van der Waals surface area contributed by atoms with Gasteiger partial charge >= 0.3 is 11.7 Å². The topological polar surface area (TPSA) is 117 Å². The first kappa shape index (κ1) is 15.9. The maximum absolute atomic E-state index is 11.7. The van der Waals surface area contributed by atoms with Gasteiger partial charge in [0.2, 0.25) is 5.91 Å². The number of nitrogens with one attached hydrogen (secondary N) is 2. The van der Waals surface area contributed by atoms with Crippen molar-refractivity contribution in [1.82, 2.24) is 20.1 Å². The lowest BCUT2D eigenvalue weighted by Crippen LogP contribution is -2.35. The smallest absolute Gasteiger partial charge is 0.343 e. The molecular weight excluding hydrogens is 264 g/mol. The zero-order chi connectivity index (χ0) is 15.1. The third-order valence-corrected chi connectivity index (χ3v) is 2.79. The number of carbonyl (C=O) groups is 2. The summed E-state index contributed by atoms with van der Waals surface area (Å²) in [5, 5.41) is 17.2.